The zero-order valence-electron chi connectivity index (χ0n) is 15.3. The second kappa shape index (κ2) is 7.53. The monoisotopic (exact) mass is 378 g/mol. The highest BCUT2D eigenvalue weighted by molar-refractivity contribution is 7.91. The molecule has 26 heavy (non-hydrogen) atoms. The van der Waals surface area contributed by atoms with Crippen LogP contribution in [0.3, 0.4) is 0 Å². The Bertz CT molecular complexity index is 891. The number of carbonyl (C=O) groups is 1. The number of aryl methyl sites for hydroxylation is 1. The SMILES string of the molecule is Cc1cc(S(=O)(=O)C(CNC(=O)C(C)(C)C)c2cccnc2)ccc1F. The van der Waals surface area contributed by atoms with Crippen LogP contribution in [0.1, 0.15) is 37.1 Å². The normalized spacial score (nSPS) is 13.3. The van der Waals surface area contributed by atoms with E-state index in [-0.39, 0.29) is 22.9 Å². The maximum Gasteiger partial charge on any atom is 0.225 e. The van der Waals surface area contributed by atoms with Gasteiger partial charge in [-0.05, 0) is 42.3 Å². The third-order valence-electron chi connectivity index (χ3n) is 4.02. The second-order valence-corrected chi connectivity index (χ2v) is 9.32. The van der Waals surface area contributed by atoms with Crippen LogP contribution in [-0.4, -0.2) is 25.9 Å². The Kier molecular flexibility index (Phi) is 5.81. The summed E-state index contributed by atoms with van der Waals surface area (Å²) in [6, 6.07) is 6.97. The van der Waals surface area contributed by atoms with Crippen molar-refractivity contribution in [3.8, 4) is 0 Å². The lowest BCUT2D eigenvalue weighted by atomic mass is 9.95. The summed E-state index contributed by atoms with van der Waals surface area (Å²) >= 11 is 0. The molecule has 0 aliphatic heterocycles. The fraction of sp³-hybridized carbons (Fsp3) is 0.368. The number of aromatic nitrogens is 1. The highest BCUT2D eigenvalue weighted by Crippen LogP contribution is 2.29. The van der Waals surface area contributed by atoms with Crippen molar-refractivity contribution < 1.29 is 17.6 Å². The Hall–Kier alpha value is -2.28. The summed E-state index contributed by atoms with van der Waals surface area (Å²) < 4.78 is 39.8. The molecule has 0 fully saturated rings. The van der Waals surface area contributed by atoms with Gasteiger partial charge in [0.2, 0.25) is 5.91 Å². The van der Waals surface area contributed by atoms with Crippen LogP contribution < -0.4 is 5.32 Å². The number of amides is 1. The average Bonchev–Trinajstić information content (AvgIpc) is 2.57. The van der Waals surface area contributed by atoms with Crippen LogP contribution in [0.5, 0.6) is 0 Å². The van der Waals surface area contributed by atoms with Crippen molar-refractivity contribution in [1.29, 1.82) is 0 Å². The van der Waals surface area contributed by atoms with E-state index < -0.39 is 26.3 Å². The molecule has 2 aromatic rings. The maximum absolute atomic E-state index is 13.5. The molecule has 0 saturated heterocycles. The van der Waals surface area contributed by atoms with Crippen LogP contribution in [0.4, 0.5) is 4.39 Å². The molecule has 5 nitrogen and oxygen atoms in total. The van der Waals surface area contributed by atoms with Gasteiger partial charge in [-0.1, -0.05) is 26.8 Å². The third kappa shape index (κ3) is 4.46. The van der Waals surface area contributed by atoms with Crippen LogP contribution in [0, 0.1) is 18.2 Å². The number of carbonyl (C=O) groups excluding carboxylic acids is 1. The third-order valence-corrected chi connectivity index (χ3v) is 6.12. The van der Waals surface area contributed by atoms with E-state index >= 15 is 0 Å². The first-order valence-corrected chi connectivity index (χ1v) is 9.76. The van der Waals surface area contributed by atoms with Gasteiger partial charge in [-0.15, -0.1) is 0 Å². The number of pyridine rings is 1. The Morgan fingerprint density at radius 1 is 1.27 bits per heavy atom. The predicted octanol–water partition coefficient (Wildman–Crippen LogP) is 3.21. The molecule has 140 valence electrons. The zero-order valence-corrected chi connectivity index (χ0v) is 16.1. The topological polar surface area (TPSA) is 76.1 Å². The van der Waals surface area contributed by atoms with E-state index in [1.165, 1.54) is 25.3 Å². The van der Waals surface area contributed by atoms with Gasteiger partial charge in [-0.25, -0.2) is 12.8 Å². The highest BCUT2D eigenvalue weighted by atomic mass is 32.2. The molecule has 2 rings (SSSR count). The van der Waals surface area contributed by atoms with Gasteiger partial charge >= 0.3 is 0 Å². The van der Waals surface area contributed by atoms with Crippen molar-refractivity contribution in [2.75, 3.05) is 6.54 Å². The van der Waals surface area contributed by atoms with Gasteiger partial charge in [0.15, 0.2) is 9.84 Å². The van der Waals surface area contributed by atoms with Gasteiger partial charge in [0, 0.05) is 24.4 Å². The number of nitrogens with one attached hydrogen (secondary N) is 1. The van der Waals surface area contributed by atoms with Crippen molar-refractivity contribution in [2.24, 2.45) is 5.41 Å². The van der Waals surface area contributed by atoms with Crippen molar-refractivity contribution >= 4 is 15.7 Å². The molecule has 0 spiro atoms. The molecule has 0 bridgehead atoms. The lowest BCUT2D eigenvalue weighted by Gasteiger charge is -2.22. The number of benzene rings is 1. The number of sulfone groups is 1. The Morgan fingerprint density at radius 2 is 1.96 bits per heavy atom. The molecule has 0 aliphatic rings. The molecule has 0 saturated carbocycles. The number of rotatable bonds is 5. The summed E-state index contributed by atoms with van der Waals surface area (Å²) in [6.45, 7) is 6.66. The fourth-order valence-electron chi connectivity index (χ4n) is 2.38. The van der Waals surface area contributed by atoms with Crippen molar-refractivity contribution in [2.45, 2.75) is 37.8 Å². The van der Waals surface area contributed by atoms with Crippen LogP contribution in [-0.2, 0) is 14.6 Å². The lowest BCUT2D eigenvalue weighted by molar-refractivity contribution is -0.128. The number of halogens is 1. The molecular weight excluding hydrogens is 355 g/mol. The number of nitrogens with zero attached hydrogens (tertiary/aromatic N) is 1. The summed E-state index contributed by atoms with van der Waals surface area (Å²) in [5.41, 5.74) is 0.0637. The van der Waals surface area contributed by atoms with E-state index in [4.69, 9.17) is 0 Å². The quantitative estimate of drug-likeness (QED) is 0.811. The zero-order chi connectivity index (χ0) is 19.5. The molecule has 1 aromatic heterocycles. The molecule has 7 heteroatoms. The van der Waals surface area contributed by atoms with E-state index in [0.717, 1.165) is 6.07 Å². The highest BCUT2D eigenvalue weighted by Gasteiger charge is 2.31. The lowest BCUT2D eigenvalue weighted by Crippen LogP contribution is -2.38. The van der Waals surface area contributed by atoms with E-state index in [0.29, 0.717) is 5.56 Å². The summed E-state index contributed by atoms with van der Waals surface area (Å²) in [5.74, 6) is -0.722. The van der Waals surface area contributed by atoms with Gasteiger partial charge in [0.25, 0.3) is 0 Å². The first-order valence-electron chi connectivity index (χ1n) is 8.22. The predicted molar refractivity (Wildman–Crippen MR) is 97.8 cm³/mol. The molecule has 1 amide bonds. The Labute approximate surface area is 153 Å². The molecule has 1 N–H and O–H groups in total. The smallest absolute Gasteiger partial charge is 0.225 e. The fourth-order valence-corrected chi connectivity index (χ4v) is 4.11. The van der Waals surface area contributed by atoms with Gasteiger partial charge in [-0.3, -0.25) is 9.78 Å². The summed E-state index contributed by atoms with van der Waals surface area (Å²) in [4.78, 5) is 16.2. The van der Waals surface area contributed by atoms with Crippen molar-refractivity contribution in [3.05, 3.63) is 59.7 Å². The second-order valence-electron chi connectivity index (χ2n) is 7.19. The molecular formula is C19H23FN2O3S. The van der Waals surface area contributed by atoms with E-state index in [1.807, 2.05) is 0 Å². The summed E-state index contributed by atoms with van der Waals surface area (Å²) in [7, 11) is -3.86. The van der Waals surface area contributed by atoms with Crippen LogP contribution >= 0.6 is 0 Å². The van der Waals surface area contributed by atoms with Crippen LogP contribution in [0.25, 0.3) is 0 Å². The minimum atomic E-state index is -3.86. The number of hydrogen-bond donors (Lipinski definition) is 1. The number of hydrogen-bond acceptors (Lipinski definition) is 4. The standard InChI is InChI=1S/C19H23FN2O3S/c1-13-10-15(7-8-16(13)20)26(24,25)17(14-6-5-9-21-11-14)12-22-18(23)19(2,3)4/h5-11,17H,12H2,1-4H3,(H,22,23). The first-order chi connectivity index (χ1) is 12.0. The molecule has 1 unspecified atom stereocenters. The first kappa shape index (κ1) is 20.0. The minimum absolute atomic E-state index is 0.00950. The molecule has 0 aliphatic carbocycles. The van der Waals surface area contributed by atoms with Crippen LogP contribution in [0.15, 0.2) is 47.6 Å². The largest absolute Gasteiger partial charge is 0.354 e. The van der Waals surface area contributed by atoms with E-state index in [9.17, 15) is 17.6 Å². The minimum Gasteiger partial charge on any atom is -0.354 e. The summed E-state index contributed by atoms with van der Waals surface area (Å²) in [6.07, 6.45) is 3.00. The average molecular weight is 378 g/mol. The van der Waals surface area contributed by atoms with Gasteiger partial charge in [0.1, 0.15) is 11.1 Å². The molecule has 0 radical (unpaired) electrons. The molecule has 1 heterocycles. The van der Waals surface area contributed by atoms with Crippen molar-refractivity contribution in [1.82, 2.24) is 10.3 Å². The van der Waals surface area contributed by atoms with Gasteiger partial charge in [-0.2, -0.15) is 0 Å². The summed E-state index contributed by atoms with van der Waals surface area (Å²) in [5, 5.41) is 1.68. The molecule has 1 aromatic carbocycles. The Balaban J connectivity index is 2.42. The van der Waals surface area contributed by atoms with E-state index in [2.05, 4.69) is 10.3 Å². The van der Waals surface area contributed by atoms with E-state index in [1.54, 1.807) is 39.1 Å². The van der Waals surface area contributed by atoms with Gasteiger partial charge < -0.3 is 5.32 Å². The molecule has 1 atom stereocenters. The Morgan fingerprint density at radius 3 is 2.50 bits per heavy atom. The van der Waals surface area contributed by atoms with Gasteiger partial charge in [0.05, 0.1) is 4.90 Å². The van der Waals surface area contributed by atoms with Crippen molar-refractivity contribution in [3.63, 3.8) is 0 Å². The maximum atomic E-state index is 13.5. The van der Waals surface area contributed by atoms with Crippen LogP contribution in [0.2, 0.25) is 0 Å².